The Kier molecular flexibility index (Phi) is 5.16. The van der Waals surface area contributed by atoms with Gasteiger partial charge >= 0.3 is 0 Å². The maximum atomic E-state index is 13.0. The fourth-order valence-corrected chi connectivity index (χ4v) is 4.75. The lowest BCUT2D eigenvalue weighted by molar-refractivity contribution is -0.116. The number of carbonyl (C=O) groups is 1. The van der Waals surface area contributed by atoms with E-state index in [1.807, 2.05) is 30.3 Å². The summed E-state index contributed by atoms with van der Waals surface area (Å²) in [6, 6.07) is 9.80. The standard InChI is InChI=1S/C21H23N3O2S/c1-2-3-12-27-21-23-19-18(20(26)24-21)16(13-8-5-4-6-9-13)17-14(22-19)10-7-11-15(17)25/h4-6,8-9,16H,2-3,7,10-12H2,1H3,(H2,22,23,24,26)/t16-/m0/s1. The number of Topliss-reactive ketones (excluding diaryl/α,β-unsaturated/α-hetero) is 1. The number of benzene rings is 1. The Balaban J connectivity index is 1.83. The van der Waals surface area contributed by atoms with Gasteiger partial charge in [0.05, 0.1) is 5.56 Å². The molecule has 2 N–H and O–H groups in total. The van der Waals surface area contributed by atoms with Crippen molar-refractivity contribution in [1.82, 2.24) is 9.97 Å². The predicted molar refractivity (Wildman–Crippen MR) is 108 cm³/mol. The van der Waals surface area contributed by atoms with Crippen LogP contribution in [0.5, 0.6) is 0 Å². The number of anilines is 1. The Morgan fingerprint density at radius 2 is 2.00 bits per heavy atom. The molecule has 0 unspecified atom stereocenters. The molecular formula is C21H23N3O2S. The Morgan fingerprint density at radius 3 is 2.78 bits per heavy atom. The van der Waals surface area contributed by atoms with E-state index >= 15 is 0 Å². The van der Waals surface area contributed by atoms with Crippen LogP contribution < -0.4 is 10.9 Å². The van der Waals surface area contributed by atoms with E-state index in [0.29, 0.717) is 23.0 Å². The van der Waals surface area contributed by atoms with Gasteiger partial charge < -0.3 is 10.3 Å². The van der Waals surface area contributed by atoms with Gasteiger partial charge in [-0.2, -0.15) is 0 Å². The number of aromatic amines is 1. The lowest BCUT2D eigenvalue weighted by atomic mass is 9.76. The summed E-state index contributed by atoms with van der Waals surface area (Å²) in [5.41, 5.74) is 3.01. The smallest absolute Gasteiger partial charge is 0.257 e. The third-order valence-corrected chi connectivity index (χ3v) is 6.07. The molecule has 1 aliphatic carbocycles. The van der Waals surface area contributed by atoms with Crippen LogP contribution in [0.3, 0.4) is 0 Å². The first kappa shape index (κ1) is 18.0. The van der Waals surface area contributed by atoms with Crippen LogP contribution in [0.25, 0.3) is 0 Å². The molecule has 0 amide bonds. The number of aromatic nitrogens is 2. The van der Waals surface area contributed by atoms with E-state index in [4.69, 9.17) is 0 Å². The Labute approximate surface area is 162 Å². The van der Waals surface area contributed by atoms with Gasteiger partial charge in [-0.15, -0.1) is 0 Å². The first-order chi connectivity index (χ1) is 13.2. The second-order valence-electron chi connectivity index (χ2n) is 6.97. The number of nitrogens with zero attached hydrogens (tertiary/aromatic N) is 1. The number of hydrogen-bond donors (Lipinski definition) is 2. The van der Waals surface area contributed by atoms with Crippen LogP contribution in [-0.2, 0) is 4.79 Å². The van der Waals surface area contributed by atoms with Crippen molar-refractivity contribution in [3.63, 3.8) is 0 Å². The topological polar surface area (TPSA) is 74.8 Å². The lowest BCUT2D eigenvalue weighted by Crippen LogP contribution is -2.32. The number of allylic oxidation sites excluding steroid dienone is 2. The first-order valence-corrected chi connectivity index (χ1v) is 10.5. The van der Waals surface area contributed by atoms with Gasteiger partial charge in [0.1, 0.15) is 5.82 Å². The fourth-order valence-electron chi connectivity index (χ4n) is 3.80. The molecule has 0 radical (unpaired) electrons. The van der Waals surface area contributed by atoms with Gasteiger partial charge in [-0.3, -0.25) is 9.59 Å². The highest BCUT2D eigenvalue weighted by Gasteiger charge is 2.37. The second kappa shape index (κ2) is 7.72. The van der Waals surface area contributed by atoms with Crippen LogP contribution in [0, 0.1) is 0 Å². The average molecular weight is 382 g/mol. The second-order valence-corrected chi connectivity index (χ2v) is 8.06. The SMILES string of the molecule is CCCCSc1nc2c(c(=O)[nH]1)[C@@H](c1ccccc1)C1=C(CCCC1=O)N2. The number of carbonyl (C=O) groups excluding carboxylic acids is 1. The van der Waals surface area contributed by atoms with Crippen molar-refractivity contribution in [2.24, 2.45) is 0 Å². The summed E-state index contributed by atoms with van der Waals surface area (Å²) < 4.78 is 0. The molecule has 5 nitrogen and oxygen atoms in total. The van der Waals surface area contributed by atoms with Gasteiger partial charge in [0, 0.05) is 29.4 Å². The highest BCUT2D eigenvalue weighted by molar-refractivity contribution is 7.99. The number of unbranched alkanes of at least 4 members (excludes halogenated alkanes) is 1. The number of ketones is 1. The highest BCUT2D eigenvalue weighted by atomic mass is 32.2. The number of H-pyrrole nitrogens is 1. The van der Waals surface area contributed by atoms with E-state index < -0.39 is 0 Å². The van der Waals surface area contributed by atoms with Gasteiger partial charge in [0.15, 0.2) is 10.9 Å². The quantitative estimate of drug-likeness (QED) is 0.461. The lowest BCUT2D eigenvalue weighted by Gasteiger charge is -2.32. The number of nitrogens with one attached hydrogen (secondary N) is 2. The third-order valence-electron chi connectivity index (χ3n) is 5.11. The fraction of sp³-hybridized carbons (Fsp3) is 0.381. The summed E-state index contributed by atoms with van der Waals surface area (Å²) in [5, 5.41) is 3.95. The molecule has 1 aromatic carbocycles. The van der Waals surface area contributed by atoms with Crippen molar-refractivity contribution >= 4 is 23.4 Å². The maximum absolute atomic E-state index is 13.0. The average Bonchev–Trinajstić information content (AvgIpc) is 2.67. The van der Waals surface area contributed by atoms with Crippen molar-refractivity contribution in [1.29, 1.82) is 0 Å². The molecular weight excluding hydrogens is 358 g/mol. The normalized spacial score (nSPS) is 18.7. The molecule has 2 aliphatic rings. The molecule has 0 saturated carbocycles. The minimum absolute atomic E-state index is 0.129. The van der Waals surface area contributed by atoms with Gasteiger partial charge in [-0.1, -0.05) is 55.4 Å². The summed E-state index contributed by atoms with van der Waals surface area (Å²) >= 11 is 1.57. The monoisotopic (exact) mass is 381 g/mol. The van der Waals surface area contributed by atoms with Crippen LogP contribution in [-0.4, -0.2) is 21.5 Å². The Morgan fingerprint density at radius 1 is 1.19 bits per heavy atom. The van der Waals surface area contributed by atoms with E-state index in [2.05, 4.69) is 22.2 Å². The van der Waals surface area contributed by atoms with E-state index in [-0.39, 0.29) is 17.3 Å². The first-order valence-electron chi connectivity index (χ1n) is 9.54. The van der Waals surface area contributed by atoms with Gasteiger partial charge in [0.25, 0.3) is 5.56 Å². The van der Waals surface area contributed by atoms with Gasteiger partial charge in [-0.05, 0) is 24.8 Å². The summed E-state index contributed by atoms with van der Waals surface area (Å²) in [5.74, 6) is 1.30. The molecule has 1 aromatic heterocycles. The van der Waals surface area contributed by atoms with Crippen LogP contribution >= 0.6 is 11.8 Å². The number of fused-ring (bicyclic) bond motifs is 1. The van der Waals surface area contributed by atoms with Crippen molar-refractivity contribution in [2.45, 2.75) is 50.1 Å². The Bertz CT molecular complexity index is 950. The summed E-state index contributed by atoms with van der Waals surface area (Å²) in [7, 11) is 0. The van der Waals surface area contributed by atoms with Crippen molar-refractivity contribution < 1.29 is 4.79 Å². The summed E-state index contributed by atoms with van der Waals surface area (Å²) in [6.07, 6.45) is 4.37. The van der Waals surface area contributed by atoms with Crippen LogP contribution in [0.4, 0.5) is 5.82 Å². The molecule has 0 fully saturated rings. The van der Waals surface area contributed by atoms with Crippen LogP contribution in [0.2, 0.25) is 0 Å². The van der Waals surface area contributed by atoms with Gasteiger partial charge in [0.2, 0.25) is 0 Å². The summed E-state index contributed by atoms with van der Waals surface area (Å²) in [6.45, 7) is 2.14. The number of rotatable bonds is 5. The van der Waals surface area contributed by atoms with E-state index in [0.717, 1.165) is 48.3 Å². The molecule has 140 valence electrons. The van der Waals surface area contributed by atoms with Gasteiger partial charge in [-0.25, -0.2) is 4.98 Å². The zero-order valence-electron chi connectivity index (χ0n) is 15.4. The molecule has 2 heterocycles. The molecule has 4 rings (SSSR count). The third kappa shape index (κ3) is 3.46. The van der Waals surface area contributed by atoms with Crippen molar-refractivity contribution in [3.05, 3.63) is 63.1 Å². The van der Waals surface area contributed by atoms with Crippen LogP contribution in [0.15, 0.2) is 51.6 Å². The molecule has 1 aliphatic heterocycles. The van der Waals surface area contributed by atoms with Crippen molar-refractivity contribution in [2.75, 3.05) is 11.1 Å². The zero-order valence-corrected chi connectivity index (χ0v) is 16.2. The summed E-state index contributed by atoms with van der Waals surface area (Å²) in [4.78, 5) is 33.4. The molecule has 6 heteroatoms. The zero-order chi connectivity index (χ0) is 18.8. The molecule has 0 saturated heterocycles. The predicted octanol–water partition coefficient (Wildman–Crippen LogP) is 4.23. The number of thioether (sulfide) groups is 1. The maximum Gasteiger partial charge on any atom is 0.257 e. The molecule has 2 aromatic rings. The van der Waals surface area contributed by atoms with E-state index in [9.17, 15) is 9.59 Å². The molecule has 0 bridgehead atoms. The molecule has 27 heavy (non-hydrogen) atoms. The highest BCUT2D eigenvalue weighted by Crippen LogP contribution is 2.43. The molecule has 1 atom stereocenters. The van der Waals surface area contributed by atoms with Crippen molar-refractivity contribution in [3.8, 4) is 0 Å². The number of hydrogen-bond acceptors (Lipinski definition) is 5. The van der Waals surface area contributed by atoms with E-state index in [1.54, 1.807) is 11.8 Å². The largest absolute Gasteiger partial charge is 0.343 e. The minimum atomic E-state index is -0.351. The minimum Gasteiger partial charge on any atom is -0.343 e. The Hall–Kier alpha value is -2.34. The van der Waals surface area contributed by atoms with E-state index in [1.165, 1.54) is 0 Å². The van der Waals surface area contributed by atoms with Crippen LogP contribution in [0.1, 0.15) is 56.1 Å². The molecule has 0 spiro atoms.